The lowest BCUT2D eigenvalue weighted by Crippen LogP contribution is -2.20. The normalized spacial score (nSPS) is 11.0. The summed E-state index contributed by atoms with van der Waals surface area (Å²) in [5, 5.41) is 28.9. The Morgan fingerprint density at radius 3 is 2.46 bits per heavy atom. The van der Waals surface area contributed by atoms with Crippen molar-refractivity contribution in [3.05, 3.63) is 48.5 Å². The summed E-state index contributed by atoms with van der Waals surface area (Å²) in [6.45, 7) is 0. The highest BCUT2D eigenvalue weighted by Gasteiger charge is 2.15. The monoisotopic (exact) mass is 324 g/mol. The maximum absolute atomic E-state index is 11.8. The van der Waals surface area contributed by atoms with Gasteiger partial charge in [0, 0.05) is 11.1 Å². The molecule has 1 aromatic heterocycles. The van der Waals surface area contributed by atoms with Gasteiger partial charge in [0.25, 0.3) is 0 Å². The van der Waals surface area contributed by atoms with Crippen LogP contribution in [-0.2, 0) is 9.59 Å². The van der Waals surface area contributed by atoms with Crippen molar-refractivity contribution in [3.8, 4) is 11.6 Å². The van der Waals surface area contributed by atoms with E-state index in [-0.39, 0.29) is 17.3 Å². The first-order valence-corrected chi connectivity index (χ1v) is 6.90. The van der Waals surface area contributed by atoms with Crippen LogP contribution in [0.4, 0.5) is 11.4 Å². The van der Waals surface area contributed by atoms with Gasteiger partial charge in [0.05, 0.1) is 5.52 Å². The van der Waals surface area contributed by atoms with Gasteiger partial charge in [0.1, 0.15) is 5.75 Å². The number of azo groups is 1. The molecule has 0 spiro atoms. The number of hydrogen-bond acceptors (Lipinski definition) is 5. The molecule has 0 atom stereocenters. The van der Waals surface area contributed by atoms with Gasteiger partial charge in [0.2, 0.25) is 5.88 Å². The zero-order valence-corrected chi connectivity index (χ0v) is 12.2. The lowest BCUT2D eigenvalue weighted by atomic mass is 10.2. The Morgan fingerprint density at radius 2 is 1.71 bits per heavy atom. The topological polar surface area (TPSA) is 127 Å². The lowest BCUT2D eigenvalue weighted by molar-refractivity contribution is -0.134. The SMILES string of the molecule is O=C(N=Nc1c(O)[nH]c2ccccc12)C(=O)Nc1ccc(O)cc1. The molecule has 24 heavy (non-hydrogen) atoms. The second-order valence-corrected chi connectivity index (χ2v) is 4.87. The molecular weight excluding hydrogens is 312 g/mol. The van der Waals surface area contributed by atoms with Gasteiger partial charge in [-0.15, -0.1) is 10.2 Å². The molecule has 0 bridgehead atoms. The van der Waals surface area contributed by atoms with Crippen molar-refractivity contribution < 1.29 is 19.8 Å². The largest absolute Gasteiger partial charge is 0.508 e. The van der Waals surface area contributed by atoms with Crippen LogP contribution in [0.1, 0.15) is 0 Å². The van der Waals surface area contributed by atoms with E-state index in [1.807, 2.05) is 0 Å². The summed E-state index contributed by atoms with van der Waals surface area (Å²) in [5.74, 6) is -2.31. The number of hydrogen-bond donors (Lipinski definition) is 4. The van der Waals surface area contributed by atoms with E-state index in [4.69, 9.17) is 5.11 Å². The Hall–Kier alpha value is -3.68. The van der Waals surface area contributed by atoms with Crippen molar-refractivity contribution in [1.82, 2.24) is 4.98 Å². The molecule has 0 fully saturated rings. The van der Waals surface area contributed by atoms with Gasteiger partial charge in [0.15, 0.2) is 5.69 Å². The van der Waals surface area contributed by atoms with E-state index < -0.39 is 11.8 Å². The number of carbonyl (C=O) groups excluding carboxylic acids is 2. The summed E-state index contributed by atoms with van der Waals surface area (Å²) in [6, 6.07) is 12.5. The van der Waals surface area contributed by atoms with Crippen LogP contribution < -0.4 is 5.32 Å². The number of fused-ring (bicyclic) bond motifs is 1. The number of aromatic hydroxyl groups is 2. The van der Waals surface area contributed by atoms with Gasteiger partial charge in [-0.3, -0.25) is 9.59 Å². The van der Waals surface area contributed by atoms with Crippen LogP contribution in [0.15, 0.2) is 58.8 Å². The highest BCUT2D eigenvalue weighted by atomic mass is 16.3. The van der Waals surface area contributed by atoms with Crippen molar-refractivity contribution in [1.29, 1.82) is 0 Å². The summed E-state index contributed by atoms with van der Waals surface area (Å²) in [7, 11) is 0. The number of carbonyl (C=O) groups is 2. The zero-order valence-electron chi connectivity index (χ0n) is 12.2. The summed E-state index contributed by atoms with van der Waals surface area (Å²) in [5.41, 5.74) is 1.04. The molecule has 4 N–H and O–H groups in total. The number of benzene rings is 2. The van der Waals surface area contributed by atoms with E-state index in [1.165, 1.54) is 24.3 Å². The molecule has 0 aliphatic rings. The van der Waals surface area contributed by atoms with Crippen LogP contribution in [0.5, 0.6) is 11.6 Å². The number of para-hydroxylation sites is 1. The maximum atomic E-state index is 11.8. The third kappa shape index (κ3) is 3.07. The Labute approximate surface area is 135 Å². The number of rotatable bonds is 2. The Bertz CT molecular complexity index is 944. The molecule has 0 saturated heterocycles. The van der Waals surface area contributed by atoms with Crippen LogP contribution in [0.3, 0.4) is 0 Å². The van der Waals surface area contributed by atoms with Crippen LogP contribution >= 0.6 is 0 Å². The van der Waals surface area contributed by atoms with E-state index in [0.717, 1.165) is 0 Å². The maximum Gasteiger partial charge on any atom is 0.353 e. The van der Waals surface area contributed by atoms with Crippen molar-refractivity contribution in [3.63, 3.8) is 0 Å². The van der Waals surface area contributed by atoms with Crippen LogP contribution in [0.25, 0.3) is 10.9 Å². The second-order valence-electron chi connectivity index (χ2n) is 4.87. The fraction of sp³-hybridized carbons (Fsp3) is 0. The summed E-state index contributed by atoms with van der Waals surface area (Å²) < 4.78 is 0. The predicted molar refractivity (Wildman–Crippen MR) is 86.2 cm³/mol. The number of phenols is 1. The molecule has 8 nitrogen and oxygen atoms in total. The molecule has 2 aromatic carbocycles. The molecule has 3 rings (SSSR count). The number of amides is 2. The fourth-order valence-electron chi connectivity index (χ4n) is 2.08. The van der Waals surface area contributed by atoms with Crippen molar-refractivity contribution in [2.45, 2.75) is 0 Å². The molecule has 0 aliphatic heterocycles. The van der Waals surface area contributed by atoms with Gasteiger partial charge in [-0.1, -0.05) is 18.2 Å². The average molecular weight is 324 g/mol. The summed E-state index contributed by atoms with van der Waals surface area (Å²) in [6.07, 6.45) is 0. The Balaban J connectivity index is 1.75. The Morgan fingerprint density at radius 1 is 1.00 bits per heavy atom. The minimum absolute atomic E-state index is 0.0359. The molecule has 0 aliphatic carbocycles. The second kappa shape index (κ2) is 6.21. The number of aromatic amines is 1. The van der Waals surface area contributed by atoms with Crippen molar-refractivity contribution in [2.24, 2.45) is 10.2 Å². The van der Waals surface area contributed by atoms with Gasteiger partial charge < -0.3 is 20.5 Å². The van der Waals surface area contributed by atoms with Crippen molar-refractivity contribution in [2.75, 3.05) is 5.32 Å². The molecule has 2 amide bonds. The van der Waals surface area contributed by atoms with Gasteiger partial charge in [-0.2, -0.15) is 0 Å². The van der Waals surface area contributed by atoms with Crippen LogP contribution in [0.2, 0.25) is 0 Å². The zero-order chi connectivity index (χ0) is 17.1. The number of anilines is 1. The fourth-order valence-corrected chi connectivity index (χ4v) is 2.08. The number of H-pyrrole nitrogens is 1. The van der Waals surface area contributed by atoms with E-state index >= 15 is 0 Å². The molecule has 0 saturated carbocycles. The molecule has 8 heteroatoms. The first-order chi connectivity index (χ1) is 11.5. The van der Waals surface area contributed by atoms with E-state index in [2.05, 4.69) is 20.5 Å². The van der Waals surface area contributed by atoms with Gasteiger partial charge in [-0.25, -0.2) is 0 Å². The first-order valence-electron chi connectivity index (χ1n) is 6.90. The molecule has 3 aromatic rings. The molecule has 0 radical (unpaired) electrons. The smallest absolute Gasteiger partial charge is 0.353 e. The molecular formula is C16H12N4O4. The summed E-state index contributed by atoms with van der Waals surface area (Å²) >= 11 is 0. The molecule has 0 unspecified atom stereocenters. The van der Waals surface area contributed by atoms with E-state index in [0.29, 0.717) is 16.6 Å². The highest BCUT2D eigenvalue weighted by Crippen LogP contribution is 2.35. The number of nitrogens with one attached hydrogen (secondary N) is 2. The van der Waals surface area contributed by atoms with Gasteiger partial charge >= 0.3 is 11.8 Å². The van der Waals surface area contributed by atoms with Gasteiger partial charge in [-0.05, 0) is 30.3 Å². The predicted octanol–water partition coefficient (Wildman–Crippen LogP) is 2.83. The number of aromatic nitrogens is 1. The lowest BCUT2D eigenvalue weighted by Gasteiger charge is -2.01. The molecule has 120 valence electrons. The van der Waals surface area contributed by atoms with E-state index in [1.54, 1.807) is 24.3 Å². The standard InChI is InChI=1S/C16H12N4O4/c21-10-7-5-9(6-8-10)17-15(23)16(24)20-19-13-11-3-1-2-4-12(11)18-14(13)22/h1-8,18,21-22H,(H,17,23). The van der Waals surface area contributed by atoms with Crippen LogP contribution in [0, 0.1) is 0 Å². The minimum atomic E-state index is -1.12. The third-order valence-corrected chi connectivity index (χ3v) is 3.22. The first kappa shape index (κ1) is 15.2. The van der Waals surface area contributed by atoms with E-state index in [9.17, 15) is 14.7 Å². The van der Waals surface area contributed by atoms with Crippen molar-refractivity contribution >= 4 is 34.1 Å². The molecule has 1 heterocycles. The number of phenolic OH excluding ortho intramolecular Hbond substituents is 1. The Kier molecular flexibility index (Phi) is 3.94. The summed E-state index contributed by atoms with van der Waals surface area (Å²) in [4.78, 5) is 26.2. The minimum Gasteiger partial charge on any atom is -0.508 e. The average Bonchev–Trinajstić information content (AvgIpc) is 2.90. The number of nitrogens with zero attached hydrogens (tertiary/aromatic N) is 2. The third-order valence-electron chi connectivity index (χ3n) is 3.22. The quantitative estimate of drug-likeness (QED) is 0.328. The van der Waals surface area contributed by atoms with Crippen LogP contribution in [-0.4, -0.2) is 27.0 Å². The highest BCUT2D eigenvalue weighted by molar-refractivity contribution is 6.40.